The standard InChI is InChI=1S/C11H16O3/c1-7(2)10(13)6-8-4-3-5-9(12)11(8)14/h7-8H,3-6H2,1-2H3. The van der Waals surface area contributed by atoms with Crippen molar-refractivity contribution in [1.29, 1.82) is 0 Å². The van der Waals surface area contributed by atoms with Gasteiger partial charge in [0.25, 0.3) is 0 Å². The van der Waals surface area contributed by atoms with Crippen LogP contribution in [0.3, 0.4) is 0 Å². The minimum absolute atomic E-state index is 0.0418. The molecule has 1 saturated carbocycles. The van der Waals surface area contributed by atoms with Crippen LogP contribution in [0.1, 0.15) is 39.5 Å². The Labute approximate surface area is 83.9 Å². The SMILES string of the molecule is CC(C)C(=O)CC1CCCC(=O)C1=O. The summed E-state index contributed by atoms with van der Waals surface area (Å²) in [6.45, 7) is 3.63. The van der Waals surface area contributed by atoms with Crippen LogP contribution in [-0.4, -0.2) is 17.3 Å². The second-order valence-electron chi connectivity index (χ2n) is 4.20. The third kappa shape index (κ3) is 2.50. The molecule has 78 valence electrons. The molecular weight excluding hydrogens is 180 g/mol. The van der Waals surface area contributed by atoms with E-state index in [1.807, 2.05) is 13.8 Å². The first-order chi connectivity index (χ1) is 6.52. The summed E-state index contributed by atoms with van der Waals surface area (Å²) in [5.74, 6) is -0.910. The molecule has 0 aromatic carbocycles. The van der Waals surface area contributed by atoms with Crippen LogP contribution >= 0.6 is 0 Å². The highest BCUT2D eigenvalue weighted by molar-refractivity contribution is 6.38. The lowest BCUT2D eigenvalue weighted by atomic mass is 9.82. The third-order valence-electron chi connectivity index (χ3n) is 2.69. The van der Waals surface area contributed by atoms with E-state index in [1.165, 1.54) is 0 Å². The Morgan fingerprint density at radius 1 is 1.43 bits per heavy atom. The summed E-state index contributed by atoms with van der Waals surface area (Å²) < 4.78 is 0. The highest BCUT2D eigenvalue weighted by Crippen LogP contribution is 2.22. The van der Waals surface area contributed by atoms with Crippen molar-refractivity contribution in [2.24, 2.45) is 11.8 Å². The van der Waals surface area contributed by atoms with Gasteiger partial charge in [-0.15, -0.1) is 0 Å². The molecule has 0 amide bonds. The van der Waals surface area contributed by atoms with E-state index < -0.39 is 0 Å². The van der Waals surface area contributed by atoms with E-state index in [2.05, 4.69) is 0 Å². The summed E-state index contributed by atoms with van der Waals surface area (Å²) in [7, 11) is 0. The van der Waals surface area contributed by atoms with Gasteiger partial charge in [0.05, 0.1) is 0 Å². The van der Waals surface area contributed by atoms with Crippen LogP contribution in [0.2, 0.25) is 0 Å². The fourth-order valence-corrected chi connectivity index (χ4v) is 1.66. The number of carbonyl (C=O) groups is 3. The van der Waals surface area contributed by atoms with Crippen molar-refractivity contribution in [2.75, 3.05) is 0 Å². The number of ketones is 3. The van der Waals surface area contributed by atoms with Gasteiger partial charge < -0.3 is 0 Å². The molecule has 0 heterocycles. The smallest absolute Gasteiger partial charge is 0.201 e. The first kappa shape index (κ1) is 11.1. The number of hydrogen-bond donors (Lipinski definition) is 0. The third-order valence-corrected chi connectivity index (χ3v) is 2.69. The Balaban J connectivity index is 2.56. The zero-order valence-electron chi connectivity index (χ0n) is 8.71. The maximum Gasteiger partial charge on any atom is 0.201 e. The van der Waals surface area contributed by atoms with Crippen LogP contribution in [0.5, 0.6) is 0 Å². The molecule has 0 spiro atoms. The lowest BCUT2D eigenvalue weighted by molar-refractivity contribution is -0.142. The van der Waals surface area contributed by atoms with Gasteiger partial charge in [0.15, 0.2) is 5.78 Å². The Morgan fingerprint density at radius 3 is 2.64 bits per heavy atom. The van der Waals surface area contributed by atoms with Crippen molar-refractivity contribution in [3.8, 4) is 0 Å². The fraction of sp³-hybridized carbons (Fsp3) is 0.727. The van der Waals surface area contributed by atoms with Gasteiger partial charge in [-0.1, -0.05) is 13.8 Å². The maximum absolute atomic E-state index is 11.4. The van der Waals surface area contributed by atoms with Gasteiger partial charge in [0.2, 0.25) is 5.78 Å². The molecule has 1 unspecified atom stereocenters. The summed E-state index contributed by atoms with van der Waals surface area (Å²) in [6.07, 6.45) is 2.07. The Hall–Kier alpha value is -0.990. The van der Waals surface area contributed by atoms with Crippen LogP contribution in [0.4, 0.5) is 0 Å². The molecule has 3 nitrogen and oxygen atoms in total. The van der Waals surface area contributed by atoms with Crippen molar-refractivity contribution in [3.05, 3.63) is 0 Å². The number of carbonyl (C=O) groups excluding carboxylic acids is 3. The second-order valence-corrected chi connectivity index (χ2v) is 4.20. The summed E-state index contributed by atoms with van der Waals surface area (Å²) >= 11 is 0. The molecule has 1 atom stereocenters. The van der Waals surface area contributed by atoms with Crippen molar-refractivity contribution in [3.63, 3.8) is 0 Å². The van der Waals surface area contributed by atoms with Gasteiger partial charge in [-0.05, 0) is 12.8 Å². The minimum Gasteiger partial charge on any atom is -0.299 e. The van der Waals surface area contributed by atoms with E-state index >= 15 is 0 Å². The van der Waals surface area contributed by atoms with Crippen LogP contribution in [-0.2, 0) is 14.4 Å². The Morgan fingerprint density at radius 2 is 2.07 bits per heavy atom. The quantitative estimate of drug-likeness (QED) is 0.643. The van der Waals surface area contributed by atoms with Gasteiger partial charge in [0.1, 0.15) is 5.78 Å². The molecule has 0 aromatic rings. The molecule has 0 N–H and O–H groups in total. The van der Waals surface area contributed by atoms with Crippen LogP contribution in [0.25, 0.3) is 0 Å². The van der Waals surface area contributed by atoms with Crippen LogP contribution in [0, 0.1) is 11.8 Å². The zero-order chi connectivity index (χ0) is 10.7. The second kappa shape index (κ2) is 4.49. The van der Waals surface area contributed by atoms with Gasteiger partial charge in [0, 0.05) is 24.7 Å². The number of hydrogen-bond acceptors (Lipinski definition) is 3. The summed E-state index contributed by atoms with van der Waals surface area (Å²) in [5.41, 5.74) is 0. The molecule has 1 fully saturated rings. The molecule has 14 heavy (non-hydrogen) atoms. The molecule has 0 bridgehead atoms. The topological polar surface area (TPSA) is 51.2 Å². The molecule has 1 rings (SSSR count). The summed E-state index contributed by atoms with van der Waals surface area (Å²) in [5, 5.41) is 0. The lowest BCUT2D eigenvalue weighted by Crippen LogP contribution is -2.30. The Bertz CT molecular complexity index is 266. The first-order valence-electron chi connectivity index (χ1n) is 5.12. The highest BCUT2D eigenvalue weighted by atomic mass is 16.2. The maximum atomic E-state index is 11.4. The van der Waals surface area contributed by atoms with Gasteiger partial charge in [-0.25, -0.2) is 0 Å². The summed E-state index contributed by atoms with van der Waals surface area (Å²) in [4.78, 5) is 33.9. The largest absolute Gasteiger partial charge is 0.299 e. The highest BCUT2D eigenvalue weighted by Gasteiger charge is 2.31. The number of rotatable bonds is 3. The lowest BCUT2D eigenvalue weighted by Gasteiger charge is -2.19. The molecule has 1 aliphatic rings. The molecule has 1 aliphatic carbocycles. The van der Waals surface area contributed by atoms with Crippen LogP contribution in [0.15, 0.2) is 0 Å². The monoisotopic (exact) mass is 196 g/mol. The normalized spacial score (nSPS) is 22.9. The van der Waals surface area contributed by atoms with Gasteiger partial charge in [-0.2, -0.15) is 0 Å². The Kier molecular flexibility index (Phi) is 3.55. The van der Waals surface area contributed by atoms with Crippen molar-refractivity contribution < 1.29 is 14.4 Å². The van der Waals surface area contributed by atoms with Gasteiger partial charge in [-0.3, -0.25) is 14.4 Å². The fourth-order valence-electron chi connectivity index (χ4n) is 1.66. The minimum atomic E-state index is -0.328. The molecule has 0 radical (unpaired) electrons. The van der Waals surface area contributed by atoms with Crippen molar-refractivity contribution in [2.45, 2.75) is 39.5 Å². The predicted octanol–water partition coefficient (Wildman–Crippen LogP) is 1.54. The average molecular weight is 196 g/mol. The average Bonchev–Trinajstić information content (AvgIpc) is 2.12. The van der Waals surface area contributed by atoms with Crippen molar-refractivity contribution in [1.82, 2.24) is 0 Å². The predicted molar refractivity (Wildman–Crippen MR) is 51.8 cm³/mol. The van der Waals surface area contributed by atoms with Crippen LogP contribution < -0.4 is 0 Å². The van der Waals surface area contributed by atoms with E-state index in [9.17, 15) is 14.4 Å². The van der Waals surface area contributed by atoms with Crippen molar-refractivity contribution >= 4 is 17.3 Å². The van der Waals surface area contributed by atoms with Gasteiger partial charge >= 0.3 is 0 Å². The van der Waals surface area contributed by atoms with E-state index in [0.29, 0.717) is 12.8 Å². The molecule has 0 aromatic heterocycles. The summed E-state index contributed by atoms with van der Waals surface area (Å²) in [6, 6.07) is 0. The zero-order valence-corrected chi connectivity index (χ0v) is 8.71. The molecule has 0 aliphatic heterocycles. The molecule has 3 heteroatoms. The van der Waals surface area contributed by atoms with E-state index in [-0.39, 0.29) is 35.6 Å². The number of Topliss-reactive ketones (excluding diaryl/α,β-unsaturated/α-hetero) is 3. The van der Waals surface area contributed by atoms with E-state index in [1.54, 1.807) is 0 Å². The van der Waals surface area contributed by atoms with E-state index in [4.69, 9.17) is 0 Å². The molecule has 0 saturated heterocycles. The first-order valence-corrected chi connectivity index (χ1v) is 5.12. The van der Waals surface area contributed by atoms with E-state index in [0.717, 1.165) is 6.42 Å². The molecular formula is C11H16O3.